The molecule has 0 spiro atoms. The summed E-state index contributed by atoms with van der Waals surface area (Å²) >= 11 is 1.49. The van der Waals surface area contributed by atoms with Crippen molar-refractivity contribution in [2.24, 2.45) is 7.05 Å². The summed E-state index contributed by atoms with van der Waals surface area (Å²) in [6.07, 6.45) is 3.54. The minimum Gasteiger partial charge on any atom is -0.333 e. The molecule has 0 atom stereocenters. The third kappa shape index (κ3) is 1.74. The highest BCUT2D eigenvalue weighted by molar-refractivity contribution is 7.13. The molecular formula is C10H9N5OS. The molecule has 0 saturated carbocycles. The summed E-state index contributed by atoms with van der Waals surface area (Å²) in [5, 5.41) is 8.00. The lowest BCUT2D eigenvalue weighted by atomic mass is 10.3. The lowest BCUT2D eigenvalue weighted by molar-refractivity contribution is 0.433. The molecule has 0 unspecified atom stereocenters. The van der Waals surface area contributed by atoms with E-state index in [1.807, 2.05) is 20.2 Å². The summed E-state index contributed by atoms with van der Waals surface area (Å²) in [5.74, 6) is 1.05. The highest BCUT2D eigenvalue weighted by Gasteiger charge is 2.15. The Morgan fingerprint density at radius 2 is 2.29 bits per heavy atom. The molecule has 3 aromatic heterocycles. The van der Waals surface area contributed by atoms with Crippen molar-refractivity contribution < 1.29 is 4.52 Å². The van der Waals surface area contributed by atoms with Gasteiger partial charge in [0.2, 0.25) is 5.82 Å². The lowest BCUT2D eigenvalue weighted by Crippen LogP contribution is -1.84. The SMILES string of the molecule is Cc1ncsc1-c1nc(-c2cnn(C)c2)no1. The van der Waals surface area contributed by atoms with Gasteiger partial charge in [-0.3, -0.25) is 4.68 Å². The Morgan fingerprint density at radius 1 is 1.41 bits per heavy atom. The largest absolute Gasteiger partial charge is 0.333 e. The summed E-state index contributed by atoms with van der Waals surface area (Å²) in [7, 11) is 1.85. The van der Waals surface area contributed by atoms with Gasteiger partial charge in [0.1, 0.15) is 4.88 Å². The van der Waals surface area contributed by atoms with Gasteiger partial charge >= 0.3 is 0 Å². The van der Waals surface area contributed by atoms with E-state index >= 15 is 0 Å². The number of hydrogen-bond acceptors (Lipinski definition) is 6. The molecule has 0 fully saturated rings. The van der Waals surface area contributed by atoms with Crippen molar-refractivity contribution >= 4 is 11.3 Å². The topological polar surface area (TPSA) is 69.6 Å². The normalized spacial score (nSPS) is 10.9. The third-order valence-electron chi connectivity index (χ3n) is 2.33. The average Bonchev–Trinajstić information content (AvgIpc) is 2.97. The molecule has 86 valence electrons. The van der Waals surface area contributed by atoms with E-state index in [9.17, 15) is 0 Å². The Kier molecular flexibility index (Phi) is 2.25. The molecule has 0 bridgehead atoms. The fourth-order valence-corrected chi connectivity index (χ4v) is 2.20. The van der Waals surface area contributed by atoms with Gasteiger partial charge < -0.3 is 4.52 Å². The Labute approximate surface area is 101 Å². The van der Waals surface area contributed by atoms with Crippen LogP contribution in [0.1, 0.15) is 5.69 Å². The van der Waals surface area contributed by atoms with Crippen LogP contribution >= 0.6 is 11.3 Å². The van der Waals surface area contributed by atoms with E-state index in [1.54, 1.807) is 16.4 Å². The molecule has 0 aromatic carbocycles. The van der Waals surface area contributed by atoms with Gasteiger partial charge in [-0.05, 0) is 6.92 Å². The van der Waals surface area contributed by atoms with Gasteiger partial charge in [0.15, 0.2) is 0 Å². The summed E-state index contributed by atoms with van der Waals surface area (Å²) in [6.45, 7) is 1.92. The van der Waals surface area contributed by atoms with E-state index in [-0.39, 0.29) is 0 Å². The van der Waals surface area contributed by atoms with E-state index in [2.05, 4.69) is 20.2 Å². The molecule has 0 amide bonds. The second-order valence-corrected chi connectivity index (χ2v) is 4.45. The molecule has 6 nitrogen and oxygen atoms in total. The molecule has 3 aromatic rings. The predicted molar refractivity (Wildman–Crippen MR) is 62.3 cm³/mol. The van der Waals surface area contributed by atoms with Crippen LogP contribution in [-0.4, -0.2) is 24.9 Å². The Bertz CT molecular complexity index is 653. The van der Waals surface area contributed by atoms with Crippen molar-refractivity contribution in [3.05, 3.63) is 23.6 Å². The zero-order valence-electron chi connectivity index (χ0n) is 9.28. The highest BCUT2D eigenvalue weighted by Crippen LogP contribution is 2.27. The standard InChI is InChI=1S/C10H9N5OS/c1-6-8(17-5-11-6)10-13-9(14-16-10)7-3-12-15(2)4-7/h3-5H,1-2H3. The summed E-state index contributed by atoms with van der Waals surface area (Å²) in [4.78, 5) is 9.40. The van der Waals surface area contributed by atoms with Crippen LogP contribution in [0.15, 0.2) is 22.4 Å². The van der Waals surface area contributed by atoms with E-state index in [0.29, 0.717) is 11.7 Å². The van der Waals surface area contributed by atoms with E-state index < -0.39 is 0 Å². The Balaban J connectivity index is 2.01. The molecular weight excluding hydrogens is 238 g/mol. The number of aromatic nitrogens is 5. The molecule has 0 saturated heterocycles. The van der Waals surface area contributed by atoms with Crippen molar-refractivity contribution in [1.29, 1.82) is 0 Å². The molecule has 0 aliphatic heterocycles. The van der Waals surface area contributed by atoms with E-state index in [1.165, 1.54) is 11.3 Å². The first-order valence-electron chi connectivity index (χ1n) is 4.97. The maximum absolute atomic E-state index is 5.23. The first kappa shape index (κ1) is 10.2. The van der Waals surface area contributed by atoms with Crippen LogP contribution in [0.5, 0.6) is 0 Å². The quantitative estimate of drug-likeness (QED) is 0.691. The van der Waals surface area contributed by atoms with Crippen LogP contribution < -0.4 is 0 Å². The summed E-state index contributed by atoms with van der Waals surface area (Å²) in [6, 6.07) is 0. The monoisotopic (exact) mass is 247 g/mol. The van der Waals surface area contributed by atoms with Crippen LogP contribution in [0.2, 0.25) is 0 Å². The van der Waals surface area contributed by atoms with E-state index in [0.717, 1.165) is 16.1 Å². The molecule has 3 heterocycles. The van der Waals surface area contributed by atoms with Crippen molar-refractivity contribution in [2.45, 2.75) is 6.92 Å². The first-order valence-corrected chi connectivity index (χ1v) is 5.85. The fraction of sp³-hybridized carbons (Fsp3) is 0.200. The fourth-order valence-electron chi connectivity index (χ4n) is 1.48. The van der Waals surface area contributed by atoms with Crippen LogP contribution in [0.3, 0.4) is 0 Å². The number of hydrogen-bond donors (Lipinski definition) is 0. The van der Waals surface area contributed by atoms with Crippen molar-refractivity contribution in [2.75, 3.05) is 0 Å². The van der Waals surface area contributed by atoms with Gasteiger partial charge in [-0.25, -0.2) is 4.98 Å². The van der Waals surface area contributed by atoms with Crippen LogP contribution in [0.25, 0.3) is 22.2 Å². The number of nitrogens with zero attached hydrogens (tertiary/aromatic N) is 5. The van der Waals surface area contributed by atoms with Gasteiger partial charge in [0, 0.05) is 13.2 Å². The molecule has 0 aliphatic rings. The van der Waals surface area contributed by atoms with E-state index in [4.69, 9.17) is 4.52 Å². The van der Waals surface area contributed by atoms with Crippen molar-refractivity contribution in [3.8, 4) is 22.2 Å². The number of thiazole rings is 1. The smallest absolute Gasteiger partial charge is 0.270 e. The Hall–Kier alpha value is -2.02. The number of aryl methyl sites for hydroxylation is 2. The van der Waals surface area contributed by atoms with Crippen LogP contribution in [-0.2, 0) is 7.05 Å². The minimum atomic E-state index is 0.504. The van der Waals surface area contributed by atoms with Gasteiger partial charge in [-0.1, -0.05) is 5.16 Å². The van der Waals surface area contributed by atoms with Gasteiger partial charge in [0.05, 0.1) is 23.0 Å². The van der Waals surface area contributed by atoms with Crippen molar-refractivity contribution in [1.82, 2.24) is 24.9 Å². The Morgan fingerprint density at radius 3 is 2.94 bits per heavy atom. The molecule has 3 rings (SSSR count). The third-order valence-corrected chi connectivity index (χ3v) is 3.25. The molecule has 0 radical (unpaired) electrons. The molecule has 17 heavy (non-hydrogen) atoms. The van der Waals surface area contributed by atoms with Gasteiger partial charge in [-0.15, -0.1) is 11.3 Å². The summed E-state index contributed by atoms with van der Waals surface area (Å²) in [5.41, 5.74) is 3.50. The lowest BCUT2D eigenvalue weighted by Gasteiger charge is -1.87. The zero-order chi connectivity index (χ0) is 11.8. The second-order valence-electron chi connectivity index (χ2n) is 3.59. The average molecular weight is 247 g/mol. The number of rotatable bonds is 2. The highest BCUT2D eigenvalue weighted by atomic mass is 32.1. The zero-order valence-corrected chi connectivity index (χ0v) is 10.1. The molecule has 0 N–H and O–H groups in total. The predicted octanol–water partition coefficient (Wildman–Crippen LogP) is 1.90. The first-order chi connectivity index (χ1) is 8.24. The molecule has 7 heteroatoms. The van der Waals surface area contributed by atoms with Gasteiger partial charge in [0.25, 0.3) is 5.89 Å². The minimum absolute atomic E-state index is 0.504. The van der Waals surface area contributed by atoms with Crippen LogP contribution in [0.4, 0.5) is 0 Å². The maximum Gasteiger partial charge on any atom is 0.270 e. The van der Waals surface area contributed by atoms with Gasteiger partial charge in [-0.2, -0.15) is 10.1 Å². The van der Waals surface area contributed by atoms with Crippen molar-refractivity contribution in [3.63, 3.8) is 0 Å². The maximum atomic E-state index is 5.23. The second kappa shape index (κ2) is 3.77. The van der Waals surface area contributed by atoms with Crippen LogP contribution in [0, 0.1) is 6.92 Å². The summed E-state index contributed by atoms with van der Waals surface area (Å²) < 4.78 is 6.92. The molecule has 0 aliphatic carbocycles.